The van der Waals surface area contributed by atoms with E-state index in [1.54, 1.807) is 39.0 Å². The van der Waals surface area contributed by atoms with Crippen LogP contribution in [0.5, 0.6) is 0 Å². The SMILES string of the molecule is CC(C)(C)OC(=O)NC1(C(N)c2ccccc2F)CC1. The number of rotatable bonds is 3. The number of carbonyl (C=O) groups is 1. The lowest BCUT2D eigenvalue weighted by atomic mass is 9.97. The fraction of sp³-hybridized carbons (Fsp3) is 0.533. The van der Waals surface area contributed by atoms with Gasteiger partial charge in [-0.25, -0.2) is 9.18 Å². The number of alkyl carbamates (subject to hydrolysis) is 1. The van der Waals surface area contributed by atoms with Gasteiger partial charge in [-0.2, -0.15) is 0 Å². The molecular formula is C15H21FN2O2. The molecule has 1 unspecified atom stereocenters. The van der Waals surface area contributed by atoms with Gasteiger partial charge in [0.15, 0.2) is 0 Å². The molecule has 0 bridgehead atoms. The highest BCUT2D eigenvalue weighted by atomic mass is 19.1. The van der Waals surface area contributed by atoms with E-state index >= 15 is 0 Å². The van der Waals surface area contributed by atoms with Crippen molar-refractivity contribution < 1.29 is 13.9 Å². The predicted molar refractivity (Wildman–Crippen MR) is 74.7 cm³/mol. The van der Waals surface area contributed by atoms with Crippen molar-refractivity contribution in [3.8, 4) is 0 Å². The molecule has 1 saturated carbocycles. The standard InChI is InChI=1S/C15H21FN2O2/c1-14(2,3)20-13(19)18-15(8-9-15)12(17)10-6-4-5-7-11(10)16/h4-7,12H,8-9,17H2,1-3H3,(H,18,19). The number of ether oxygens (including phenoxy) is 1. The Hall–Kier alpha value is -1.62. The normalized spacial score (nSPS) is 18.2. The Balaban J connectivity index is 2.08. The van der Waals surface area contributed by atoms with Crippen molar-refractivity contribution in [3.05, 3.63) is 35.6 Å². The zero-order valence-electron chi connectivity index (χ0n) is 12.1. The number of nitrogens with one attached hydrogen (secondary N) is 1. The molecule has 2 rings (SSSR count). The third kappa shape index (κ3) is 3.28. The van der Waals surface area contributed by atoms with Crippen LogP contribution in [0.2, 0.25) is 0 Å². The van der Waals surface area contributed by atoms with Crippen molar-refractivity contribution in [1.29, 1.82) is 0 Å². The van der Waals surface area contributed by atoms with E-state index in [0.717, 1.165) is 12.8 Å². The van der Waals surface area contributed by atoms with E-state index in [1.807, 2.05) is 0 Å². The minimum Gasteiger partial charge on any atom is -0.444 e. The molecule has 0 radical (unpaired) electrons. The first kappa shape index (κ1) is 14.8. The molecule has 1 aromatic carbocycles. The van der Waals surface area contributed by atoms with Crippen LogP contribution in [-0.2, 0) is 4.74 Å². The van der Waals surface area contributed by atoms with Gasteiger partial charge >= 0.3 is 6.09 Å². The molecule has 1 aliphatic carbocycles. The van der Waals surface area contributed by atoms with Gasteiger partial charge in [0, 0.05) is 5.56 Å². The van der Waals surface area contributed by atoms with E-state index in [4.69, 9.17) is 10.5 Å². The van der Waals surface area contributed by atoms with Gasteiger partial charge in [-0.3, -0.25) is 0 Å². The van der Waals surface area contributed by atoms with Gasteiger partial charge in [0.25, 0.3) is 0 Å². The summed E-state index contributed by atoms with van der Waals surface area (Å²) in [6.07, 6.45) is 0.936. The van der Waals surface area contributed by atoms with Gasteiger partial charge in [-0.15, -0.1) is 0 Å². The highest BCUT2D eigenvalue weighted by molar-refractivity contribution is 5.69. The van der Waals surface area contributed by atoms with E-state index in [2.05, 4.69) is 5.32 Å². The lowest BCUT2D eigenvalue weighted by Crippen LogP contribution is -2.47. The second-order valence-electron chi connectivity index (χ2n) is 6.28. The van der Waals surface area contributed by atoms with Crippen LogP contribution in [-0.4, -0.2) is 17.2 Å². The molecule has 1 aliphatic rings. The zero-order chi connectivity index (χ0) is 15.0. The summed E-state index contributed by atoms with van der Waals surface area (Å²) in [5.41, 5.74) is 5.40. The summed E-state index contributed by atoms with van der Waals surface area (Å²) in [7, 11) is 0. The van der Waals surface area contributed by atoms with Crippen LogP contribution in [0.1, 0.15) is 45.2 Å². The van der Waals surface area contributed by atoms with Gasteiger partial charge in [0.1, 0.15) is 11.4 Å². The maximum atomic E-state index is 13.8. The first-order valence-electron chi connectivity index (χ1n) is 6.75. The lowest BCUT2D eigenvalue weighted by molar-refractivity contribution is 0.0487. The van der Waals surface area contributed by atoms with E-state index in [-0.39, 0.29) is 5.82 Å². The quantitative estimate of drug-likeness (QED) is 0.894. The molecule has 1 aromatic rings. The molecule has 5 heteroatoms. The number of nitrogens with two attached hydrogens (primary N) is 1. The first-order chi connectivity index (χ1) is 9.23. The van der Waals surface area contributed by atoms with Gasteiger partial charge in [-0.05, 0) is 39.7 Å². The Morgan fingerprint density at radius 1 is 1.40 bits per heavy atom. The van der Waals surface area contributed by atoms with Crippen LogP contribution in [0, 0.1) is 5.82 Å². The molecule has 1 amide bonds. The first-order valence-corrected chi connectivity index (χ1v) is 6.75. The van der Waals surface area contributed by atoms with Crippen molar-refractivity contribution in [1.82, 2.24) is 5.32 Å². The smallest absolute Gasteiger partial charge is 0.408 e. The fourth-order valence-electron chi connectivity index (χ4n) is 2.18. The molecular weight excluding hydrogens is 259 g/mol. The van der Waals surface area contributed by atoms with Gasteiger partial charge < -0.3 is 15.8 Å². The number of benzene rings is 1. The van der Waals surface area contributed by atoms with Crippen LogP contribution in [0.15, 0.2) is 24.3 Å². The number of hydrogen-bond acceptors (Lipinski definition) is 3. The molecule has 20 heavy (non-hydrogen) atoms. The van der Waals surface area contributed by atoms with E-state index < -0.39 is 23.3 Å². The molecule has 4 nitrogen and oxygen atoms in total. The molecule has 0 aliphatic heterocycles. The summed E-state index contributed by atoms with van der Waals surface area (Å²) in [6, 6.07) is 5.81. The number of halogens is 1. The minimum atomic E-state index is -0.593. The predicted octanol–water partition coefficient (Wildman–Crippen LogP) is 2.88. The van der Waals surface area contributed by atoms with Gasteiger partial charge in [0.05, 0.1) is 11.6 Å². The number of carbonyl (C=O) groups excluding carboxylic acids is 1. The van der Waals surface area contributed by atoms with Gasteiger partial charge in [-0.1, -0.05) is 18.2 Å². The zero-order valence-corrected chi connectivity index (χ0v) is 12.1. The van der Waals surface area contributed by atoms with Crippen molar-refractivity contribution >= 4 is 6.09 Å². The summed E-state index contributed by atoms with van der Waals surface area (Å²) in [5.74, 6) is -0.350. The molecule has 0 saturated heterocycles. The van der Waals surface area contributed by atoms with Crippen LogP contribution >= 0.6 is 0 Å². The molecule has 3 N–H and O–H groups in total. The van der Waals surface area contributed by atoms with E-state index in [9.17, 15) is 9.18 Å². The average Bonchev–Trinajstić information content (AvgIpc) is 3.07. The Morgan fingerprint density at radius 3 is 2.50 bits per heavy atom. The minimum absolute atomic E-state index is 0.350. The van der Waals surface area contributed by atoms with Crippen molar-refractivity contribution in [2.75, 3.05) is 0 Å². The van der Waals surface area contributed by atoms with Crippen LogP contribution in [0.4, 0.5) is 9.18 Å². The summed E-state index contributed by atoms with van der Waals surface area (Å²) in [4.78, 5) is 11.9. The molecule has 0 heterocycles. The van der Waals surface area contributed by atoms with Crippen molar-refractivity contribution in [2.45, 2.75) is 50.8 Å². The Bertz CT molecular complexity index is 507. The summed E-state index contributed by atoms with van der Waals surface area (Å²) < 4.78 is 19.0. The molecule has 110 valence electrons. The van der Waals surface area contributed by atoms with Crippen LogP contribution in [0.25, 0.3) is 0 Å². The lowest BCUT2D eigenvalue weighted by Gasteiger charge is -2.27. The average molecular weight is 280 g/mol. The molecule has 1 fully saturated rings. The van der Waals surface area contributed by atoms with E-state index in [1.165, 1.54) is 6.07 Å². The molecule has 0 spiro atoms. The topological polar surface area (TPSA) is 64.3 Å². The van der Waals surface area contributed by atoms with E-state index in [0.29, 0.717) is 5.56 Å². The highest BCUT2D eigenvalue weighted by Gasteiger charge is 2.51. The third-order valence-electron chi connectivity index (χ3n) is 3.37. The maximum Gasteiger partial charge on any atom is 0.408 e. The number of hydrogen-bond donors (Lipinski definition) is 2. The second-order valence-corrected chi connectivity index (χ2v) is 6.28. The van der Waals surface area contributed by atoms with Crippen LogP contribution < -0.4 is 11.1 Å². The third-order valence-corrected chi connectivity index (χ3v) is 3.37. The summed E-state index contributed by atoms with van der Waals surface area (Å²) >= 11 is 0. The number of amides is 1. The molecule has 0 aromatic heterocycles. The second kappa shape index (κ2) is 5.05. The Morgan fingerprint density at radius 2 is 2.00 bits per heavy atom. The monoisotopic (exact) mass is 280 g/mol. The Kier molecular flexibility index (Phi) is 3.73. The van der Waals surface area contributed by atoms with Crippen molar-refractivity contribution in [3.63, 3.8) is 0 Å². The highest BCUT2D eigenvalue weighted by Crippen LogP contribution is 2.45. The van der Waals surface area contributed by atoms with Crippen molar-refractivity contribution in [2.24, 2.45) is 5.73 Å². The molecule has 1 atom stereocenters. The van der Waals surface area contributed by atoms with Crippen LogP contribution in [0.3, 0.4) is 0 Å². The largest absolute Gasteiger partial charge is 0.444 e. The summed E-state index contributed by atoms with van der Waals surface area (Å²) in [5, 5.41) is 2.80. The van der Waals surface area contributed by atoms with Gasteiger partial charge in [0.2, 0.25) is 0 Å². The summed E-state index contributed by atoms with van der Waals surface area (Å²) in [6.45, 7) is 5.38. The fourth-order valence-corrected chi connectivity index (χ4v) is 2.18. The maximum absolute atomic E-state index is 13.8. The Labute approximate surface area is 118 Å².